The van der Waals surface area contributed by atoms with E-state index in [1.165, 1.54) is 32.2 Å². The van der Waals surface area contributed by atoms with E-state index in [-0.39, 0.29) is 16.9 Å². The standard InChI is InChI=1S/C17H16F3N3O3S/c1-3-23(27(24,25)15-7-12(9-21)10-22-11-15)16(17(18,19)20)13-5-4-6-14(8-13)26-2/h4-8,10-11,16H,3H2,1-2H3/t16-/m1/s1. The van der Waals surface area contributed by atoms with Crippen LogP contribution in [0.3, 0.4) is 0 Å². The lowest BCUT2D eigenvalue weighted by Gasteiger charge is -2.31. The molecule has 0 aliphatic heterocycles. The predicted octanol–water partition coefficient (Wildman–Crippen LogP) is 3.28. The average molecular weight is 399 g/mol. The monoisotopic (exact) mass is 399 g/mol. The Morgan fingerprint density at radius 2 is 2.00 bits per heavy atom. The highest BCUT2D eigenvalue weighted by atomic mass is 32.2. The number of benzene rings is 1. The van der Waals surface area contributed by atoms with Gasteiger partial charge in [-0.25, -0.2) is 8.42 Å². The van der Waals surface area contributed by atoms with Crippen molar-refractivity contribution in [2.75, 3.05) is 13.7 Å². The summed E-state index contributed by atoms with van der Waals surface area (Å²) < 4.78 is 72.6. The molecule has 0 N–H and O–H groups in total. The Labute approximate surface area is 154 Å². The van der Waals surface area contributed by atoms with Crippen molar-refractivity contribution in [3.63, 3.8) is 0 Å². The second-order valence-electron chi connectivity index (χ2n) is 5.45. The van der Waals surface area contributed by atoms with E-state index in [9.17, 15) is 21.6 Å². The fourth-order valence-electron chi connectivity index (χ4n) is 2.58. The van der Waals surface area contributed by atoms with Crippen LogP contribution in [0.1, 0.15) is 24.1 Å². The van der Waals surface area contributed by atoms with Gasteiger partial charge in [-0.15, -0.1) is 0 Å². The van der Waals surface area contributed by atoms with Crippen LogP contribution in [-0.4, -0.2) is 37.5 Å². The van der Waals surface area contributed by atoms with Crippen molar-refractivity contribution >= 4 is 10.0 Å². The normalized spacial score (nSPS) is 13.2. The van der Waals surface area contributed by atoms with Gasteiger partial charge in [0.25, 0.3) is 0 Å². The van der Waals surface area contributed by atoms with E-state index in [4.69, 9.17) is 10.00 Å². The third kappa shape index (κ3) is 4.37. The summed E-state index contributed by atoms with van der Waals surface area (Å²) in [6.07, 6.45) is -2.84. The van der Waals surface area contributed by atoms with Crippen LogP contribution < -0.4 is 4.74 Å². The summed E-state index contributed by atoms with van der Waals surface area (Å²) in [5, 5.41) is 8.91. The largest absolute Gasteiger partial charge is 0.497 e. The number of hydrogen-bond acceptors (Lipinski definition) is 5. The van der Waals surface area contributed by atoms with Crippen molar-refractivity contribution in [3.8, 4) is 11.8 Å². The van der Waals surface area contributed by atoms with Crippen LogP contribution >= 0.6 is 0 Å². The summed E-state index contributed by atoms with van der Waals surface area (Å²) in [6, 6.07) is 5.42. The van der Waals surface area contributed by atoms with Crippen LogP contribution in [0.15, 0.2) is 47.6 Å². The molecule has 0 spiro atoms. The minimum atomic E-state index is -4.88. The zero-order valence-electron chi connectivity index (χ0n) is 14.4. The highest BCUT2D eigenvalue weighted by Gasteiger charge is 2.48. The van der Waals surface area contributed by atoms with Crippen LogP contribution in [0.5, 0.6) is 5.75 Å². The lowest BCUT2D eigenvalue weighted by atomic mass is 10.1. The van der Waals surface area contributed by atoms with Crippen LogP contribution in [0.4, 0.5) is 13.2 Å². The van der Waals surface area contributed by atoms with E-state index >= 15 is 0 Å². The number of rotatable bonds is 6. The van der Waals surface area contributed by atoms with Gasteiger partial charge < -0.3 is 4.74 Å². The van der Waals surface area contributed by atoms with Gasteiger partial charge in [-0.05, 0) is 23.8 Å². The van der Waals surface area contributed by atoms with E-state index in [0.29, 0.717) is 4.31 Å². The fourth-order valence-corrected chi connectivity index (χ4v) is 4.18. The number of nitriles is 1. The van der Waals surface area contributed by atoms with Gasteiger partial charge in [-0.1, -0.05) is 19.1 Å². The molecule has 1 atom stereocenters. The van der Waals surface area contributed by atoms with Gasteiger partial charge in [-0.3, -0.25) is 4.98 Å². The first-order valence-corrected chi connectivity index (χ1v) is 9.16. The summed E-state index contributed by atoms with van der Waals surface area (Å²) in [5.41, 5.74) is -0.353. The Kier molecular flexibility index (Phi) is 6.08. The van der Waals surface area contributed by atoms with E-state index in [0.717, 1.165) is 24.5 Å². The number of sulfonamides is 1. The zero-order chi connectivity index (χ0) is 20.2. The van der Waals surface area contributed by atoms with Crippen LogP contribution in [-0.2, 0) is 10.0 Å². The average Bonchev–Trinajstić information content (AvgIpc) is 2.64. The molecule has 1 heterocycles. The molecule has 0 fully saturated rings. The second kappa shape index (κ2) is 7.94. The smallest absolute Gasteiger partial charge is 0.409 e. The van der Waals surface area contributed by atoms with E-state index in [1.54, 1.807) is 6.07 Å². The van der Waals surface area contributed by atoms with Gasteiger partial charge in [0.15, 0.2) is 0 Å². The highest BCUT2D eigenvalue weighted by Crippen LogP contribution is 2.41. The van der Waals surface area contributed by atoms with Gasteiger partial charge in [-0.2, -0.15) is 22.7 Å². The van der Waals surface area contributed by atoms with E-state index in [1.807, 2.05) is 0 Å². The lowest BCUT2D eigenvalue weighted by Crippen LogP contribution is -2.42. The molecule has 1 aromatic heterocycles. The molecule has 6 nitrogen and oxygen atoms in total. The fraction of sp³-hybridized carbons (Fsp3) is 0.294. The molecule has 144 valence electrons. The molecule has 0 radical (unpaired) electrons. The number of alkyl halides is 3. The number of nitrogens with zero attached hydrogens (tertiary/aromatic N) is 3. The molecule has 10 heteroatoms. The third-order valence-electron chi connectivity index (χ3n) is 3.77. The Morgan fingerprint density at radius 3 is 2.56 bits per heavy atom. The number of aromatic nitrogens is 1. The SMILES string of the molecule is CCN([C@H](c1cccc(OC)c1)C(F)(F)F)S(=O)(=O)c1cncc(C#N)c1. The van der Waals surface area contributed by atoms with Crippen LogP contribution in [0.25, 0.3) is 0 Å². The molecule has 0 saturated carbocycles. The van der Waals surface area contributed by atoms with Crippen molar-refractivity contribution < 1.29 is 26.3 Å². The first kappa shape index (κ1) is 20.7. The molecule has 0 aliphatic rings. The molecule has 0 saturated heterocycles. The molecule has 0 amide bonds. The number of hydrogen-bond donors (Lipinski definition) is 0. The maximum Gasteiger partial charge on any atom is 0.409 e. The van der Waals surface area contributed by atoms with Crippen molar-refractivity contribution in [3.05, 3.63) is 53.9 Å². The number of halogens is 3. The predicted molar refractivity (Wildman–Crippen MR) is 90.3 cm³/mol. The van der Waals surface area contributed by atoms with Gasteiger partial charge in [0.2, 0.25) is 10.0 Å². The summed E-state index contributed by atoms with van der Waals surface area (Å²) in [5.74, 6) is 0.170. The zero-order valence-corrected chi connectivity index (χ0v) is 15.3. The maximum absolute atomic E-state index is 13.9. The summed E-state index contributed by atoms with van der Waals surface area (Å²) >= 11 is 0. The highest BCUT2D eigenvalue weighted by molar-refractivity contribution is 7.89. The lowest BCUT2D eigenvalue weighted by molar-refractivity contribution is -0.173. The molecule has 0 aliphatic carbocycles. The van der Waals surface area contributed by atoms with Crippen molar-refractivity contribution in [1.82, 2.24) is 9.29 Å². The molecular formula is C17H16F3N3O3S. The Bertz CT molecular complexity index is 956. The second-order valence-corrected chi connectivity index (χ2v) is 7.34. The molecule has 27 heavy (non-hydrogen) atoms. The minimum Gasteiger partial charge on any atom is -0.497 e. The van der Waals surface area contributed by atoms with Crippen molar-refractivity contribution in [2.45, 2.75) is 24.0 Å². The first-order chi connectivity index (χ1) is 12.6. The molecular weight excluding hydrogens is 383 g/mol. The number of pyridine rings is 1. The van der Waals surface area contributed by atoms with E-state index in [2.05, 4.69) is 4.98 Å². The van der Waals surface area contributed by atoms with Crippen molar-refractivity contribution in [1.29, 1.82) is 5.26 Å². The van der Waals surface area contributed by atoms with Crippen LogP contribution in [0, 0.1) is 11.3 Å². The summed E-state index contributed by atoms with van der Waals surface area (Å²) in [4.78, 5) is 3.14. The van der Waals surface area contributed by atoms with Crippen LogP contribution in [0.2, 0.25) is 0 Å². The first-order valence-electron chi connectivity index (χ1n) is 7.72. The van der Waals surface area contributed by atoms with Gasteiger partial charge in [0, 0.05) is 18.9 Å². The Hall–Kier alpha value is -2.64. The van der Waals surface area contributed by atoms with Gasteiger partial charge in [0.1, 0.15) is 22.8 Å². The molecule has 2 rings (SSSR count). The topological polar surface area (TPSA) is 83.3 Å². The summed E-state index contributed by atoms with van der Waals surface area (Å²) in [7, 11) is -3.27. The molecule has 1 aromatic carbocycles. The quantitative estimate of drug-likeness (QED) is 0.744. The minimum absolute atomic E-state index is 0.0722. The Morgan fingerprint density at radius 1 is 1.30 bits per heavy atom. The Balaban J connectivity index is 2.62. The van der Waals surface area contributed by atoms with Crippen molar-refractivity contribution in [2.24, 2.45) is 0 Å². The summed E-state index contributed by atoms with van der Waals surface area (Å²) in [6.45, 7) is 0.860. The number of ether oxygens (including phenoxy) is 1. The third-order valence-corrected chi connectivity index (χ3v) is 5.67. The van der Waals surface area contributed by atoms with E-state index < -0.39 is 33.7 Å². The molecule has 0 unspecified atom stereocenters. The van der Waals surface area contributed by atoms with Gasteiger partial charge in [0.05, 0.1) is 12.7 Å². The maximum atomic E-state index is 13.9. The number of methoxy groups -OCH3 is 1. The molecule has 2 aromatic rings. The van der Waals surface area contributed by atoms with Gasteiger partial charge >= 0.3 is 6.18 Å². The molecule has 0 bridgehead atoms.